The third kappa shape index (κ3) is 6.65. The van der Waals surface area contributed by atoms with Gasteiger partial charge in [-0.25, -0.2) is 8.78 Å². The molecule has 1 amide bonds. The standard InChI is InChI=1S/C18H27F2N3O.2ClH/c1-3-17(15-7-6-14(19)13-16(15)20)22-9-11-23(12-10-22)18(24)5-4-8-21-2;;/h6-7,13,17,21H,3-5,8-12H2,1-2H3;2*1H. The molecule has 1 aromatic carbocycles. The van der Waals surface area contributed by atoms with Crippen molar-refractivity contribution in [3.63, 3.8) is 0 Å². The second-order valence-electron chi connectivity index (χ2n) is 6.21. The normalized spacial score (nSPS) is 15.8. The highest BCUT2D eigenvalue weighted by Crippen LogP contribution is 2.28. The zero-order chi connectivity index (χ0) is 17.5. The molecule has 1 aliphatic heterocycles. The van der Waals surface area contributed by atoms with Crippen molar-refractivity contribution in [3.05, 3.63) is 35.4 Å². The molecule has 1 heterocycles. The average molecular weight is 412 g/mol. The van der Waals surface area contributed by atoms with E-state index >= 15 is 0 Å². The average Bonchev–Trinajstić information content (AvgIpc) is 2.58. The number of benzene rings is 1. The molecular formula is C18H29Cl2F2N3O. The van der Waals surface area contributed by atoms with Crippen molar-refractivity contribution in [1.82, 2.24) is 15.1 Å². The second kappa shape index (κ2) is 12.4. The van der Waals surface area contributed by atoms with Crippen LogP contribution >= 0.6 is 24.8 Å². The minimum atomic E-state index is -0.553. The number of rotatable bonds is 7. The first-order valence-corrected chi connectivity index (χ1v) is 8.68. The summed E-state index contributed by atoms with van der Waals surface area (Å²) in [7, 11) is 1.88. The molecule has 1 saturated heterocycles. The van der Waals surface area contributed by atoms with Crippen molar-refractivity contribution in [2.75, 3.05) is 39.8 Å². The van der Waals surface area contributed by atoms with Crippen LogP contribution in [0.3, 0.4) is 0 Å². The molecule has 1 aromatic rings. The van der Waals surface area contributed by atoms with Crippen LogP contribution in [0.15, 0.2) is 18.2 Å². The van der Waals surface area contributed by atoms with E-state index in [1.807, 2.05) is 18.9 Å². The Morgan fingerprint density at radius 1 is 1.19 bits per heavy atom. The van der Waals surface area contributed by atoms with Crippen molar-refractivity contribution in [2.45, 2.75) is 32.2 Å². The van der Waals surface area contributed by atoms with E-state index in [-0.39, 0.29) is 36.8 Å². The summed E-state index contributed by atoms with van der Waals surface area (Å²) in [5, 5.41) is 3.04. The minimum Gasteiger partial charge on any atom is -0.340 e. The Morgan fingerprint density at radius 2 is 1.85 bits per heavy atom. The zero-order valence-corrected chi connectivity index (χ0v) is 17.0. The Balaban J connectivity index is 0.00000312. The predicted molar refractivity (Wildman–Crippen MR) is 105 cm³/mol. The summed E-state index contributed by atoms with van der Waals surface area (Å²) in [6, 6.07) is 3.71. The molecule has 0 radical (unpaired) electrons. The highest BCUT2D eigenvalue weighted by molar-refractivity contribution is 5.85. The Bertz CT molecular complexity index is 555. The SMILES string of the molecule is CCC(c1ccc(F)cc1F)N1CCN(C(=O)CCCNC)CC1.Cl.Cl. The van der Waals surface area contributed by atoms with E-state index in [1.54, 1.807) is 0 Å². The lowest BCUT2D eigenvalue weighted by molar-refractivity contribution is -0.133. The van der Waals surface area contributed by atoms with Gasteiger partial charge in [-0.1, -0.05) is 13.0 Å². The van der Waals surface area contributed by atoms with Crippen LogP contribution < -0.4 is 5.32 Å². The summed E-state index contributed by atoms with van der Waals surface area (Å²) in [6.07, 6.45) is 2.15. The van der Waals surface area contributed by atoms with E-state index in [9.17, 15) is 13.6 Å². The molecular weight excluding hydrogens is 383 g/mol. The number of nitrogens with one attached hydrogen (secondary N) is 1. The van der Waals surface area contributed by atoms with Gasteiger partial charge in [0.15, 0.2) is 0 Å². The lowest BCUT2D eigenvalue weighted by Gasteiger charge is -2.39. The molecule has 1 atom stereocenters. The van der Waals surface area contributed by atoms with Crippen LogP contribution in [0.2, 0.25) is 0 Å². The van der Waals surface area contributed by atoms with Crippen molar-refractivity contribution >= 4 is 30.7 Å². The maximum absolute atomic E-state index is 14.1. The number of nitrogens with zero attached hydrogens (tertiary/aromatic N) is 2. The predicted octanol–water partition coefficient (Wildman–Crippen LogP) is 3.40. The fourth-order valence-corrected chi connectivity index (χ4v) is 3.30. The van der Waals surface area contributed by atoms with Gasteiger partial charge in [0, 0.05) is 50.3 Å². The van der Waals surface area contributed by atoms with Crippen LogP contribution in [0.1, 0.15) is 37.8 Å². The maximum Gasteiger partial charge on any atom is 0.222 e. The number of halogens is 4. The fourth-order valence-electron chi connectivity index (χ4n) is 3.30. The van der Waals surface area contributed by atoms with Crippen LogP contribution in [0.4, 0.5) is 8.78 Å². The molecule has 4 nitrogen and oxygen atoms in total. The van der Waals surface area contributed by atoms with Crippen molar-refractivity contribution < 1.29 is 13.6 Å². The second-order valence-corrected chi connectivity index (χ2v) is 6.21. The number of hydrogen-bond acceptors (Lipinski definition) is 3. The Kier molecular flexibility index (Phi) is 12.0. The van der Waals surface area contributed by atoms with Crippen LogP contribution in [0, 0.1) is 11.6 Å². The summed E-state index contributed by atoms with van der Waals surface area (Å²) in [6.45, 7) is 5.60. The molecule has 0 saturated carbocycles. The van der Waals surface area contributed by atoms with Gasteiger partial charge in [-0.3, -0.25) is 9.69 Å². The highest BCUT2D eigenvalue weighted by Gasteiger charge is 2.27. The third-order valence-corrected chi connectivity index (χ3v) is 4.63. The van der Waals surface area contributed by atoms with Gasteiger partial charge in [0.2, 0.25) is 5.91 Å². The largest absolute Gasteiger partial charge is 0.340 e. The Hall–Kier alpha value is -0.950. The van der Waals surface area contributed by atoms with E-state index in [0.29, 0.717) is 38.2 Å². The van der Waals surface area contributed by atoms with E-state index in [0.717, 1.165) is 25.5 Å². The molecule has 2 rings (SSSR count). The first-order chi connectivity index (χ1) is 11.6. The molecule has 0 bridgehead atoms. The summed E-state index contributed by atoms with van der Waals surface area (Å²) < 4.78 is 27.2. The van der Waals surface area contributed by atoms with Gasteiger partial charge in [-0.15, -0.1) is 24.8 Å². The third-order valence-electron chi connectivity index (χ3n) is 4.63. The van der Waals surface area contributed by atoms with Gasteiger partial charge in [-0.05, 0) is 32.5 Å². The molecule has 1 aliphatic rings. The lowest BCUT2D eigenvalue weighted by Crippen LogP contribution is -2.49. The first-order valence-electron chi connectivity index (χ1n) is 8.68. The molecule has 1 fully saturated rings. The first kappa shape index (κ1) is 25.1. The number of piperazine rings is 1. The van der Waals surface area contributed by atoms with Crippen LogP contribution in [-0.4, -0.2) is 55.5 Å². The van der Waals surface area contributed by atoms with Gasteiger partial charge in [0.05, 0.1) is 0 Å². The van der Waals surface area contributed by atoms with Crippen molar-refractivity contribution in [1.29, 1.82) is 0 Å². The molecule has 0 aliphatic carbocycles. The van der Waals surface area contributed by atoms with Crippen LogP contribution in [-0.2, 0) is 4.79 Å². The zero-order valence-electron chi connectivity index (χ0n) is 15.3. The summed E-state index contributed by atoms with van der Waals surface area (Å²) in [5.74, 6) is -0.860. The molecule has 0 aromatic heterocycles. The fraction of sp³-hybridized carbons (Fsp3) is 0.611. The maximum atomic E-state index is 14.1. The minimum absolute atomic E-state index is 0. The van der Waals surface area contributed by atoms with Crippen molar-refractivity contribution in [2.24, 2.45) is 0 Å². The monoisotopic (exact) mass is 411 g/mol. The molecule has 150 valence electrons. The van der Waals surface area contributed by atoms with Crippen molar-refractivity contribution in [3.8, 4) is 0 Å². The Labute approximate surface area is 167 Å². The molecule has 0 spiro atoms. The van der Waals surface area contributed by atoms with Gasteiger partial charge in [0.1, 0.15) is 11.6 Å². The smallest absolute Gasteiger partial charge is 0.222 e. The van der Waals surface area contributed by atoms with E-state index in [2.05, 4.69) is 10.2 Å². The number of hydrogen-bond donors (Lipinski definition) is 1. The van der Waals surface area contributed by atoms with Gasteiger partial charge in [-0.2, -0.15) is 0 Å². The van der Waals surface area contributed by atoms with Crippen LogP contribution in [0.5, 0.6) is 0 Å². The number of amides is 1. The topological polar surface area (TPSA) is 35.6 Å². The van der Waals surface area contributed by atoms with Gasteiger partial charge >= 0.3 is 0 Å². The van der Waals surface area contributed by atoms with E-state index < -0.39 is 11.6 Å². The summed E-state index contributed by atoms with van der Waals surface area (Å²) in [4.78, 5) is 16.2. The quantitative estimate of drug-likeness (QED) is 0.698. The van der Waals surface area contributed by atoms with Gasteiger partial charge < -0.3 is 10.2 Å². The molecule has 1 unspecified atom stereocenters. The Morgan fingerprint density at radius 3 is 2.38 bits per heavy atom. The number of carbonyl (C=O) groups is 1. The van der Waals surface area contributed by atoms with Gasteiger partial charge in [0.25, 0.3) is 0 Å². The molecule has 1 N–H and O–H groups in total. The highest BCUT2D eigenvalue weighted by atomic mass is 35.5. The molecule has 8 heteroatoms. The van der Waals surface area contributed by atoms with E-state index in [1.165, 1.54) is 12.1 Å². The number of carbonyl (C=O) groups excluding carboxylic acids is 1. The van der Waals surface area contributed by atoms with E-state index in [4.69, 9.17) is 0 Å². The molecule has 26 heavy (non-hydrogen) atoms. The lowest BCUT2D eigenvalue weighted by atomic mass is 10.0. The summed E-state index contributed by atoms with van der Waals surface area (Å²) in [5.41, 5.74) is 0.535. The van der Waals surface area contributed by atoms with Crippen LogP contribution in [0.25, 0.3) is 0 Å². The summed E-state index contributed by atoms with van der Waals surface area (Å²) >= 11 is 0.